The molecule has 1 atom stereocenters. The summed E-state index contributed by atoms with van der Waals surface area (Å²) in [6, 6.07) is 15.0. The second-order valence-electron chi connectivity index (χ2n) is 11.5. The van der Waals surface area contributed by atoms with E-state index in [9.17, 15) is 9.59 Å². The van der Waals surface area contributed by atoms with E-state index in [1.807, 2.05) is 89.2 Å². The molecule has 3 aromatic heterocycles. The Morgan fingerprint density at radius 2 is 2.02 bits per heavy atom. The minimum absolute atomic E-state index is 0.0394. The van der Waals surface area contributed by atoms with E-state index in [-0.39, 0.29) is 17.9 Å². The van der Waals surface area contributed by atoms with Gasteiger partial charge in [0.1, 0.15) is 22.9 Å². The number of aromatic nitrogens is 4. The molecule has 0 saturated carbocycles. The van der Waals surface area contributed by atoms with Crippen molar-refractivity contribution in [2.24, 2.45) is 0 Å². The van der Waals surface area contributed by atoms with Gasteiger partial charge in [-0.3, -0.25) is 14.0 Å². The van der Waals surface area contributed by atoms with E-state index < -0.39 is 0 Å². The maximum Gasteiger partial charge on any atom is 0.255 e. The lowest BCUT2D eigenvalue weighted by atomic mass is 10.1. The summed E-state index contributed by atoms with van der Waals surface area (Å²) < 4.78 is 9.27. The van der Waals surface area contributed by atoms with Gasteiger partial charge in [0.05, 0.1) is 18.2 Å². The number of nitrogens with zero attached hydrogens (tertiary/aromatic N) is 6. The van der Waals surface area contributed by atoms with E-state index in [1.54, 1.807) is 25.4 Å². The molecule has 0 unspecified atom stereocenters. The number of nitrogen functional groups attached to an aromatic ring is 1. The highest BCUT2D eigenvalue weighted by Gasteiger charge is 2.33. The fourth-order valence-corrected chi connectivity index (χ4v) is 5.94. The Bertz CT molecular complexity index is 1890. The summed E-state index contributed by atoms with van der Waals surface area (Å²) in [4.78, 5) is 39.9. The van der Waals surface area contributed by atoms with Crippen LogP contribution in [0.3, 0.4) is 0 Å². The first-order valence-electron chi connectivity index (χ1n) is 15.1. The molecular weight excluding hydrogens is 568 g/mol. The first-order chi connectivity index (χ1) is 21.8. The first-order valence-corrected chi connectivity index (χ1v) is 15.1. The normalized spacial score (nSPS) is 15.2. The number of anilines is 2. The molecule has 11 heteroatoms. The van der Waals surface area contributed by atoms with E-state index in [0.717, 1.165) is 41.7 Å². The third-order valence-corrected chi connectivity index (χ3v) is 8.14. The summed E-state index contributed by atoms with van der Waals surface area (Å²) in [5.41, 5.74) is 10.6. The van der Waals surface area contributed by atoms with Crippen LogP contribution in [0.1, 0.15) is 35.1 Å². The van der Waals surface area contributed by atoms with Crippen LogP contribution in [0.25, 0.3) is 27.7 Å². The zero-order chi connectivity index (χ0) is 31.5. The van der Waals surface area contributed by atoms with Gasteiger partial charge in [0.2, 0.25) is 5.91 Å². The SMILES string of the molecule is COCCn1ccc2ccc(NC(=O)c3cccc(-c4nc([C@@H]5CCCN5C(=O)/C=C/CN(C)C)n5ccnc(N)c45)c3)cc21. The highest BCUT2D eigenvalue weighted by atomic mass is 16.5. The van der Waals surface area contributed by atoms with Crippen molar-refractivity contribution >= 4 is 39.7 Å². The van der Waals surface area contributed by atoms with Gasteiger partial charge in [-0.1, -0.05) is 24.3 Å². The number of carbonyl (C=O) groups is 2. The van der Waals surface area contributed by atoms with Crippen molar-refractivity contribution in [1.29, 1.82) is 0 Å². The van der Waals surface area contributed by atoms with Gasteiger partial charge in [0, 0.05) is 68.2 Å². The minimum Gasteiger partial charge on any atom is -0.383 e. The lowest BCUT2D eigenvalue weighted by Crippen LogP contribution is -2.30. The fourth-order valence-electron chi connectivity index (χ4n) is 5.94. The van der Waals surface area contributed by atoms with Gasteiger partial charge in [-0.25, -0.2) is 9.97 Å². The number of hydrogen-bond donors (Lipinski definition) is 2. The van der Waals surface area contributed by atoms with Gasteiger partial charge in [0.15, 0.2) is 0 Å². The van der Waals surface area contributed by atoms with Crippen LogP contribution in [0.15, 0.2) is 79.3 Å². The highest BCUT2D eigenvalue weighted by molar-refractivity contribution is 6.06. The number of rotatable bonds is 10. The van der Waals surface area contributed by atoms with Crippen molar-refractivity contribution in [2.75, 3.05) is 52.0 Å². The number of fused-ring (bicyclic) bond motifs is 2. The molecule has 1 saturated heterocycles. The van der Waals surface area contributed by atoms with E-state index in [4.69, 9.17) is 15.5 Å². The third-order valence-electron chi connectivity index (χ3n) is 8.14. The maximum atomic E-state index is 13.5. The van der Waals surface area contributed by atoms with Crippen molar-refractivity contribution < 1.29 is 14.3 Å². The van der Waals surface area contributed by atoms with Crippen molar-refractivity contribution in [3.63, 3.8) is 0 Å². The van der Waals surface area contributed by atoms with Crippen LogP contribution in [0.4, 0.5) is 11.5 Å². The molecule has 0 radical (unpaired) electrons. The number of benzene rings is 2. The number of ether oxygens (including phenoxy) is 1. The summed E-state index contributed by atoms with van der Waals surface area (Å²) in [7, 11) is 5.61. The van der Waals surface area contributed by atoms with Crippen LogP contribution in [0.2, 0.25) is 0 Å². The number of likely N-dealkylation sites (N-methyl/N-ethyl adjacent to an activating group) is 1. The first kappa shape index (κ1) is 30.0. The summed E-state index contributed by atoms with van der Waals surface area (Å²) in [6.07, 6.45) is 10.7. The topological polar surface area (TPSA) is 123 Å². The van der Waals surface area contributed by atoms with Gasteiger partial charge in [-0.05, 0) is 62.7 Å². The van der Waals surface area contributed by atoms with Crippen LogP contribution in [-0.2, 0) is 16.1 Å². The molecule has 0 bridgehead atoms. The molecule has 232 valence electrons. The lowest BCUT2D eigenvalue weighted by molar-refractivity contribution is -0.127. The molecule has 2 aromatic carbocycles. The number of imidazole rings is 1. The molecule has 0 aliphatic carbocycles. The standard InChI is InChI=1S/C34H38N8O3/c1-39(2)15-6-10-29(43)41-16-5-9-27(41)33-38-30(31-32(35)36-14-18-42(31)33)24-7-4-8-25(21-24)34(44)37-26-12-11-23-13-17-40(19-20-45-3)28(23)22-26/h4,6-8,10-14,17-18,21-22,27H,5,9,15-16,19-20H2,1-3H3,(H2,35,36)(H,37,44)/b10-6+/t27-/m0/s1. The Labute approximate surface area is 261 Å². The van der Waals surface area contributed by atoms with Gasteiger partial charge >= 0.3 is 0 Å². The lowest BCUT2D eigenvalue weighted by Gasteiger charge is -2.22. The molecule has 11 nitrogen and oxygen atoms in total. The molecule has 2 amide bonds. The van der Waals surface area contributed by atoms with Crippen molar-refractivity contribution in [3.8, 4) is 11.3 Å². The number of carbonyl (C=O) groups excluding carboxylic acids is 2. The van der Waals surface area contributed by atoms with Gasteiger partial charge in [0.25, 0.3) is 5.91 Å². The predicted molar refractivity (Wildman–Crippen MR) is 176 cm³/mol. The van der Waals surface area contributed by atoms with Crippen LogP contribution in [-0.4, -0.2) is 81.5 Å². The van der Waals surface area contributed by atoms with Crippen LogP contribution in [0.5, 0.6) is 0 Å². The second-order valence-corrected chi connectivity index (χ2v) is 11.5. The zero-order valence-corrected chi connectivity index (χ0v) is 25.8. The van der Waals surface area contributed by atoms with Crippen molar-refractivity contribution in [3.05, 3.63) is 90.7 Å². The molecule has 1 aliphatic heterocycles. The van der Waals surface area contributed by atoms with E-state index in [1.165, 1.54) is 0 Å². The predicted octanol–water partition coefficient (Wildman–Crippen LogP) is 4.61. The monoisotopic (exact) mass is 606 g/mol. The zero-order valence-electron chi connectivity index (χ0n) is 25.8. The third kappa shape index (κ3) is 6.17. The second kappa shape index (κ2) is 12.9. The molecule has 1 aliphatic rings. The molecular formula is C34H38N8O3. The summed E-state index contributed by atoms with van der Waals surface area (Å²) in [6.45, 7) is 2.65. The largest absolute Gasteiger partial charge is 0.383 e. The summed E-state index contributed by atoms with van der Waals surface area (Å²) >= 11 is 0. The molecule has 1 fully saturated rings. The Morgan fingerprint density at radius 3 is 2.84 bits per heavy atom. The van der Waals surface area contributed by atoms with E-state index in [2.05, 4.69) is 14.9 Å². The molecule has 3 N–H and O–H groups in total. The van der Waals surface area contributed by atoms with Crippen LogP contribution in [0, 0.1) is 0 Å². The Balaban J connectivity index is 1.30. The summed E-state index contributed by atoms with van der Waals surface area (Å²) in [5.74, 6) is 0.772. The molecule has 5 aromatic rings. The van der Waals surface area contributed by atoms with Gasteiger partial charge in [-0.15, -0.1) is 0 Å². The van der Waals surface area contributed by atoms with Crippen molar-refractivity contribution in [1.82, 2.24) is 28.7 Å². The average Bonchev–Trinajstić information content (AvgIpc) is 3.77. The quantitative estimate of drug-likeness (QED) is 0.223. The highest BCUT2D eigenvalue weighted by Crippen LogP contribution is 2.36. The number of nitrogens with one attached hydrogen (secondary N) is 1. The fraction of sp³-hybridized carbons (Fsp3) is 0.294. The minimum atomic E-state index is -0.238. The van der Waals surface area contributed by atoms with E-state index >= 15 is 0 Å². The van der Waals surface area contributed by atoms with E-state index in [0.29, 0.717) is 48.0 Å². The van der Waals surface area contributed by atoms with Gasteiger partial charge in [-0.2, -0.15) is 0 Å². The summed E-state index contributed by atoms with van der Waals surface area (Å²) in [5, 5.41) is 4.13. The Morgan fingerprint density at radius 1 is 1.16 bits per heavy atom. The van der Waals surface area contributed by atoms with Crippen molar-refractivity contribution in [2.45, 2.75) is 25.4 Å². The Hall–Kier alpha value is -5.00. The number of amides is 2. The maximum absolute atomic E-state index is 13.5. The van der Waals surface area contributed by atoms with Crippen LogP contribution >= 0.6 is 0 Å². The average molecular weight is 607 g/mol. The van der Waals surface area contributed by atoms with Gasteiger partial charge < -0.3 is 30.2 Å². The number of hydrogen-bond acceptors (Lipinski definition) is 7. The number of likely N-dealkylation sites (tertiary alicyclic amines) is 1. The number of nitrogens with two attached hydrogens (primary N) is 1. The molecule has 0 spiro atoms. The Kier molecular flexibility index (Phi) is 8.63. The molecule has 6 rings (SSSR count). The molecule has 45 heavy (non-hydrogen) atoms. The number of methoxy groups -OCH3 is 1. The van der Waals surface area contributed by atoms with Crippen LogP contribution < -0.4 is 11.1 Å². The smallest absolute Gasteiger partial charge is 0.255 e. The molecule has 4 heterocycles.